The zero-order valence-electron chi connectivity index (χ0n) is 7.84. The molecular formula is C8H4BNO4S2. The first-order chi connectivity index (χ1) is 7.55. The normalized spacial score (nSPS) is 14.5. The summed E-state index contributed by atoms with van der Waals surface area (Å²) in [5.74, 6) is 1.04. The third kappa shape index (κ3) is 1.37. The summed E-state index contributed by atoms with van der Waals surface area (Å²) in [4.78, 5) is 3.96. The highest BCUT2D eigenvalue weighted by atomic mass is 32.2. The molecule has 8 heteroatoms. The maximum Gasteiger partial charge on any atom is 0.265 e. The van der Waals surface area contributed by atoms with Crippen LogP contribution in [0.4, 0.5) is 0 Å². The van der Waals surface area contributed by atoms with Gasteiger partial charge >= 0.3 is 0 Å². The number of nitrogens with zero attached hydrogens (tertiary/aromatic N) is 1. The van der Waals surface area contributed by atoms with Crippen LogP contribution in [0.3, 0.4) is 0 Å². The van der Waals surface area contributed by atoms with Gasteiger partial charge in [-0.1, -0.05) is 0 Å². The molecule has 1 aromatic carbocycles. The molecule has 1 aliphatic rings. The highest BCUT2D eigenvalue weighted by molar-refractivity contribution is 8.13. The molecule has 0 spiro atoms. The van der Waals surface area contributed by atoms with Crippen LogP contribution in [-0.2, 0) is 9.69 Å². The van der Waals surface area contributed by atoms with E-state index in [4.69, 9.17) is 16.6 Å². The second kappa shape index (κ2) is 3.11. The molecule has 0 unspecified atom stereocenters. The summed E-state index contributed by atoms with van der Waals surface area (Å²) >= 11 is 1.01. The van der Waals surface area contributed by atoms with E-state index in [0.29, 0.717) is 21.7 Å². The van der Waals surface area contributed by atoms with Gasteiger partial charge < -0.3 is 9.47 Å². The largest absolute Gasteiger partial charge is 0.454 e. The molecule has 0 aliphatic carbocycles. The van der Waals surface area contributed by atoms with Crippen molar-refractivity contribution in [2.45, 2.75) is 4.34 Å². The Morgan fingerprint density at radius 1 is 1.38 bits per heavy atom. The van der Waals surface area contributed by atoms with Gasteiger partial charge in [-0.25, -0.2) is 13.4 Å². The third-order valence-electron chi connectivity index (χ3n) is 2.12. The maximum absolute atomic E-state index is 11.2. The minimum Gasteiger partial charge on any atom is -0.454 e. The van der Waals surface area contributed by atoms with Gasteiger partial charge in [0, 0.05) is 0 Å². The molecule has 0 amide bonds. The van der Waals surface area contributed by atoms with E-state index in [-0.39, 0.29) is 11.1 Å². The van der Waals surface area contributed by atoms with Gasteiger partial charge in [-0.05, 0) is 12.1 Å². The van der Waals surface area contributed by atoms with Crippen molar-refractivity contribution in [3.05, 3.63) is 12.1 Å². The molecule has 0 atom stereocenters. The molecule has 0 bridgehead atoms. The summed E-state index contributed by atoms with van der Waals surface area (Å²) in [6.45, 7) is 0.122. The van der Waals surface area contributed by atoms with Crippen LogP contribution >= 0.6 is 11.3 Å². The van der Waals surface area contributed by atoms with E-state index < -0.39 is 9.69 Å². The predicted octanol–water partition coefficient (Wildman–Crippen LogP) is 0.882. The van der Waals surface area contributed by atoms with Crippen molar-refractivity contribution in [1.82, 2.24) is 4.98 Å². The van der Waals surface area contributed by atoms with E-state index in [2.05, 4.69) is 4.98 Å². The molecule has 0 fully saturated rings. The van der Waals surface area contributed by atoms with Crippen LogP contribution in [0.1, 0.15) is 0 Å². The van der Waals surface area contributed by atoms with Crippen LogP contribution < -0.4 is 9.47 Å². The molecule has 2 heterocycles. The van der Waals surface area contributed by atoms with Crippen molar-refractivity contribution in [2.24, 2.45) is 0 Å². The molecule has 2 aromatic rings. The van der Waals surface area contributed by atoms with Crippen LogP contribution in [0.2, 0.25) is 0 Å². The number of hydrogen-bond donors (Lipinski definition) is 0. The van der Waals surface area contributed by atoms with Gasteiger partial charge in [0.25, 0.3) is 7.12 Å². The molecule has 0 saturated heterocycles. The number of thiazole rings is 1. The Balaban J connectivity index is 2.34. The van der Waals surface area contributed by atoms with Crippen LogP contribution in [0.5, 0.6) is 11.5 Å². The van der Waals surface area contributed by atoms with Gasteiger partial charge in [0.05, 0.1) is 4.70 Å². The number of benzene rings is 1. The maximum atomic E-state index is 11.2. The van der Waals surface area contributed by atoms with E-state index in [0.717, 1.165) is 11.3 Å². The molecule has 1 aliphatic heterocycles. The zero-order valence-corrected chi connectivity index (χ0v) is 9.47. The van der Waals surface area contributed by atoms with Crippen LogP contribution in [0, 0.1) is 0 Å². The lowest BCUT2D eigenvalue weighted by Crippen LogP contribution is -1.97. The van der Waals surface area contributed by atoms with E-state index in [9.17, 15) is 8.42 Å². The van der Waals surface area contributed by atoms with Gasteiger partial charge in [-0.2, -0.15) is 0 Å². The van der Waals surface area contributed by atoms with Crippen LogP contribution in [-0.4, -0.2) is 27.3 Å². The summed E-state index contributed by atoms with van der Waals surface area (Å²) in [6.07, 6.45) is 0. The van der Waals surface area contributed by atoms with Crippen LogP contribution in [0.15, 0.2) is 16.5 Å². The standard InChI is InChI=1S/C8H4BNO4S2/c9-16(11,12)8-10-6-5(15-8)2-1-4-7(6)14-3-13-4/h1-2H,3H2. The Morgan fingerprint density at radius 3 is 2.94 bits per heavy atom. The van der Waals surface area contributed by atoms with Crippen molar-refractivity contribution in [2.75, 3.05) is 6.79 Å². The third-order valence-corrected chi connectivity index (χ3v) is 4.46. The number of aromatic nitrogens is 1. The lowest BCUT2D eigenvalue weighted by molar-refractivity contribution is 0.174. The average Bonchev–Trinajstić information content (AvgIpc) is 2.81. The van der Waals surface area contributed by atoms with E-state index in [1.807, 2.05) is 0 Å². The Kier molecular flexibility index (Phi) is 1.93. The van der Waals surface area contributed by atoms with Gasteiger partial charge in [-0.3, -0.25) is 0 Å². The molecule has 2 radical (unpaired) electrons. The molecule has 16 heavy (non-hydrogen) atoms. The molecule has 0 saturated carbocycles. The van der Waals surface area contributed by atoms with Gasteiger partial charge in [0.1, 0.15) is 15.2 Å². The SMILES string of the molecule is [B]S(=O)(=O)c1nc2c3c(ccc2s1)OCO3. The van der Waals surface area contributed by atoms with Crippen LogP contribution in [0.25, 0.3) is 10.2 Å². The van der Waals surface area contributed by atoms with Crippen molar-refractivity contribution in [3.63, 3.8) is 0 Å². The second-order valence-electron chi connectivity index (χ2n) is 3.17. The molecule has 80 valence electrons. The number of hydrogen-bond acceptors (Lipinski definition) is 6. The van der Waals surface area contributed by atoms with Crippen molar-refractivity contribution < 1.29 is 17.9 Å². The lowest BCUT2D eigenvalue weighted by atomic mass is 10.3. The summed E-state index contributed by atoms with van der Waals surface area (Å²) in [5.41, 5.74) is 0.476. The molecule has 3 rings (SSSR count). The summed E-state index contributed by atoms with van der Waals surface area (Å²) in [5, 5.41) is 0. The number of ether oxygens (including phenoxy) is 2. The second-order valence-corrected chi connectivity index (χ2v) is 5.94. The first-order valence-electron chi connectivity index (χ1n) is 4.27. The summed E-state index contributed by atoms with van der Waals surface area (Å²) < 4.78 is 33.3. The first kappa shape index (κ1) is 9.92. The Morgan fingerprint density at radius 2 is 2.19 bits per heavy atom. The fourth-order valence-corrected chi connectivity index (χ4v) is 3.11. The molecular weight excluding hydrogens is 249 g/mol. The van der Waals surface area contributed by atoms with Crippen molar-refractivity contribution >= 4 is 38.4 Å². The molecule has 0 N–H and O–H groups in total. The molecule has 1 aromatic heterocycles. The zero-order chi connectivity index (χ0) is 11.3. The Bertz CT molecular complexity index is 679. The minimum absolute atomic E-state index is 0.119. The smallest absolute Gasteiger partial charge is 0.265 e. The van der Waals surface area contributed by atoms with Crippen molar-refractivity contribution in [1.29, 1.82) is 0 Å². The monoisotopic (exact) mass is 253 g/mol. The van der Waals surface area contributed by atoms with E-state index in [1.165, 1.54) is 0 Å². The van der Waals surface area contributed by atoms with Gasteiger partial charge in [0.2, 0.25) is 6.79 Å². The minimum atomic E-state index is -3.77. The van der Waals surface area contributed by atoms with E-state index >= 15 is 0 Å². The van der Waals surface area contributed by atoms with Gasteiger partial charge in [0.15, 0.2) is 15.8 Å². The van der Waals surface area contributed by atoms with E-state index in [1.54, 1.807) is 12.1 Å². The Hall–Kier alpha value is -1.28. The topological polar surface area (TPSA) is 65.5 Å². The number of rotatable bonds is 1. The quantitative estimate of drug-likeness (QED) is 0.706. The fraction of sp³-hybridized carbons (Fsp3) is 0.125. The van der Waals surface area contributed by atoms with Crippen molar-refractivity contribution in [3.8, 4) is 11.5 Å². The highest BCUT2D eigenvalue weighted by Crippen LogP contribution is 2.41. The molecule has 5 nitrogen and oxygen atoms in total. The highest BCUT2D eigenvalue weighted by Gasteiger charge is 2.22. The summed E-state index contributed by atoms with van der Waals surface area (Å²) in [6, 6.07) is 3.45. The summed E-state index contributed by atoms with van der Waals surface area (Å²) in [7, 11) is 1.24. The lowest BCUT2D eigenvalue weighted by Gasteiger charge is -1.94. The number of fused-ring (bicyclic) bond motifs is 3. The fourth-order valence-electron chi connectivity index (χ4n) is 1.46. The Labute approximate surface area is 96.2 Å². The first-order valence-corrected chi connectivity index (χ1v) is 6.64. The van der Waals surface area contributed by atoms with Gasteiger partial charge in [-0.15, -0.1) is 11.3 Å². The predicted molar refractivity (Wildman–Crippen MR) is 58.7 cm³/mol. The average molecular weight is 253 g/mol.